The van der Waals surface area contributed by atoms with Crippen LogP contribution in [0.3, 0.4) is 0 Å². The summed E-state index contributed by atoms with van der Waals surface area (Å²) in [6, 6.07) is 58.4. The van der Waals surface area contributed by atoms with Crippen molar-refractivity contribution in [3.63, 3.8) is 0 Å². The zero-order valence-electron chi connectivity index (χ0n) is 51.4. The number of hydrogen-bond acceptors (Lipinski definition) is 8. The van der Waals surface area contributed by atoms with Gasteiger partial charge in [0, 0.05) is 11.9 Å². The summed E-state index contributed by atoms with van der Waals surface area (Å²) in [5.41, 5.74) is 12.8. The Hall–Kier alpha value is -3.96. The quantitative estimate of drug-likeness (QED) is 0.0756. The van der Waals surface area contributed by atoms with Crippen molar-refractivity contribution < 1.29 is 14.6 Å². The maximum atomic E-state index is 8.73. The van der Waals surface area contributed by atoms with E-state index in [1.807, 2.05) is 67.7 Å². The third kappa shape index (κ3) is 24.7. The van der Waals surface area contributed by atoms with Crippen molar-refractivity contribution in [3.05, 3.63) is 221 Å². The first kappa shape index (κ1) is 72.5. The number of aliphatic hydroxyl groups excluding tert-OH is 1. The molecule has 0 atom stereocenters. The number of nitrogens with zero attached hydrogens (tertiary/aromatic N) is 3. The average Bonchev–Trinajstić information content (AvgIpc) is 2.94. The van der Waals surface area contributed by atoms with Crippen molar-refractivity contribution in [3.8, 4) is 11.1 Å². The predicted octanol–water partition coefficient (Wildman–Crippen LogP) is 9.75. The summed E-state index contributed by atoms with van der Waals surface area (Å²) in [5, 5.41) is 30.4. The molecule has 9 rings (SSSR count). The molecule has 0 aliphatic heterocycles. The van der Waals surface area contributed by atoms with E-state index in [-0.39, 0.29) is 29.2 Å². The number of aryl methyl sites for hydroxylation is 4. The van der Waals surface area contributed by atoms with E-state index in [4.69, 9.17) is 25.4 Å². The molecular formula is C71H87N5O3Te5. The molecule has 444 valence electrons. The van der Waals surface area contributed by atoms with Gasteiger partial charge in [0.15, 0.2) is 0 Å². The minimum atomic E-state index is 0.0151. The summed E-state index contributed by atoms with van der Waals surface area (Å²) in [6.07, 6.45) is 1.81. The maximum absolute atomic E-state index is 8.73. The third-order valence-corrected chi connectivity index (χ3v) is 18.1. The Labute approximate surface area is 568 Å². The molecule has 1 heterocycles. The van der Waals surface area contributed by atoms with Gasteiger partial charge < -0.3 is 0 Å². The molecule has 84 heavy (non-hydrogen) atoms. The number of aliphatic hydroxyl groups is 1. The van der Waals surface area contributed by atoms with Gasteiger partial charge in [-0.1, -0.05) is 6.07 Å². The van der Waals surface area contributed by atoms with Crippen molar-refractivity contribution in [2.45, 2.75) is 82.4 Å². The molecule has 0 radical (unpaired) electrons. The molecule has 1 aromatic heterocycles. The van der Waals surface area contributed by atoms with Gasteiger partial charge in [0.1, 0.15) is 0 Å². The van der Waals surface area contributed by atoms with Crippen LogP contribution in [0.2, 0.25) is 0 Å². The van der Waals surface area contributed by atoms with Gasteiger partial charge in [-0.05, 0) is 25.5 Å². The first-order chi connectivity index (χ1) is 39.6. The minimum absolute atomic E-state index is 0.0151. The molecular weight excluding hydrogens is 1610 g/mol. The molecule has 9 aromatic rings. The van der Waals surface area contributed by atoms with Gasteiger partial charge in [0.2, 0.25) is 0 Å². The van der Waals surface area contributed by atoms with Gasteiger partial charge in [0.05, 0.1) is 0 Å². The number of rotatable bonds is 9. The predicted molar refractivity (Wildman–Crippen MR) is 372 cm³/mol. The molecule has 8 aromatic carbocycles. The van der Waals surface area contributed by atoms with Gasteiger partial charge in [-0.25, -0.2) is 0 Å². The number of hydrogen-bond donors (Lipinski definition) is 3. The fourth-order valence-corrected chi connectivity index (χ4v) is 12.3. The van der Waals surface area contributed by atoms with Crippen LogP contribution in [0.5, 0.6) is 0 Å². The van der Waals surface area contributed by atoms with E-state index < -0.39 is 0 Å². The number of aromatic nitrogens is 1. The zero-order chi connectivity index (χ0) is 62.3. The Kier molecular flexibility index (Phi) is 30.9. The summed E-state index contributed by atoms with van der Waals surface area (Å²) in [5.74, 6) is 0.544. The molecule has 0 fully saturated rings. The summed E-state index contributed by atoms with van der Waals surface area (Å²) < 4.78 is 17.7. The molecule has 3 N–H and O–H groups in total. The Balaban J connectivity index is 0.000000229. The standard InChI is InChI=1S/C24H27NOTe.C12H17NOTe.C12H13NTe.C9H13NTe.C7H9N.C7H8OTe/c1-15-10-16(2)12-18(11-15)21-19-9-7-6-8-17(19)13-20(27)22(21)23(25)26-14-24(3,4)5;1-12(2,3)8-14-11(13)9-6-4-5-7-10(9)15;1-13(2)10-7-3-5-9-6-4-8-11(14)12(9)10;1-10(2)7-8-5-3-4-6-9(8)11;1-6-4-3-5-8-7(6)2;8-5-6-3-1-2-4-7(6)9/h6-13,25,27H,14H2,1-5H3;4-7,13,15H,8H2,1-3H3;3-8,14H,1-2H3;3-6,11H,7H2,1-2H3;3-5H,1-2H3;1-4,8-9H,5H2. The summed E-state index contributed by atoms with van der Waals surface area (Å²) in [6.45, 7) is 23.3. The summed E-state index contributed by atoms with van der Waals surface area (Å²) in [7, 11) is 8.37. The molecule has 0 saturated heterocycles. The Morgan fingerprint density at radius 3 is 1.52 bits per heavy atom. The molecule has 0 unspecified atom stereocenters. The molecule has 0 spiro atoms. The normalized spacial score (nSPS) is 10.8. The van der Waals surface area contributed by atoms with Crippen LogP contribution in [0, 0.1) is 49.3 Å². The van der Waals surface area contributed by atoms with E-state index in [0.717, 1.165) is 47.3 Å². The van der Waals surface area contributed by atoms with Crippen LogP contribution in [-0.2, 0) is 22.6 Å². The van der Waals surface area contributed by atoms with Crippen LogP contribution in [0.25, 0.3) is 32.7 Å². The van der Waals surface area contributed by atoms with E-state index in [1.165, 1.54) is 60.3 Å². The Morgan fingerprint density at radius 1 is 0.524 bits per heavy atom. The van der Waals surface area contributed by atoms with Crippen LogP contribution < -0.4 is 23.0 Å². The number of nitrogens with one attached hydrogen (secondary N) is 2. The van der Waals surface area contributed by atoms with Gasteiger partial charge in [-0.2, -0.15) is 0 Å². The number of fused-ring (bicyclic) bond motifs is 2. The fourth-order valence-electron chi connectivity index (χ4n) is 8.24. The van der Waals surface area contributed by atoms with Crippen LogP contribution in [-0.4, -0.2) is 180 Å². The first-order valence-electron chi connectivity index (χ1n) is 27.7. The number of anilines is 1. The Bertz CT molecular complexity index is 3520. The van der Waals surface area contributed by atoms with Gasteiger partial charge in [-0.15, -0.1) is 0 Å². The summed E-state index contributed by atoms with van der Waals surface area (Å²) >= 11 is 8.47. The van der Waals surface area contributed by atoms with E-state index in [9.17, 15) is 0 Å². The van der Waals surface area contributed by atoms with Crippen LogP contribution >= 0.6 is 0 Å². The molecule has 0 aliphatic carbocycles. The molecule has 0 saturated carbocycles. The zero-order valence-corrected chi connectivity index (χ0v) is 64.2. The number of benzene rings is 8. The third-order valence-electron chi connectivity index (χ3n) is 12.5. The molecule has 13 heteroatoms. The van der Waals surface area contributed by atoms with Crippen molar-refractivity contribution in [2.24, 2.45) is 10.8 Å². The first-order valence-corrected chi connectivity index (χ1v) is 34.1. The van der Waals surface area contributed by atoms with Crippen molar-refractivity contribution in [1.29, 1.82) is 10.8 Å². The van der Waals surface area contributed by atoms with Crippen LogP contribution in [0.15, 0.2) is 176 Å². The molecule has 0 amide bonds. The van der Waals surface area contributed by atoms with Crippen molar-refractivity contribution in [2.75, 3.05) is 46.3 Å². The van der Waals surface area contributed by atoms with E-state index in [2.05, 4.69) is 221 Å². The topological polar surface area (TPSA) is 106 Å². The summed E-state index contributed by atoms with van der Waals surface area (Å²) in [4.78, 5) is 8.44. The molecule has 0 bridgehead atoms. The van der Waals surface area contributed by atoms with Crippen molar-refractivity contribution in [1.82, 2.24) is 9.88 Å². The SMILES string of the molecule is CC(C)(C)COC(=N)c1ccccc1[TeH].CN(C)Cc1ccccc1[TeH].CN(C)c1cccc2cccc([TeH])c12.Cc1cc(C)cc(-c2c(C(=N)OCC(C)(C)C)c([TeH])cc3ccccc23)c1.Cc1cccnc1C.OCc1ccccc1[TeH]. The Morgan fingerprint density at radius 2 is 1.02 bits per heavy atom. The second-order valence-electron chi connectivity index (χ2n) is 23.2. The van der Waals surface area contributed by atoms with Crippen LogP contribution in [0.1, 0.15) is 86.2 Å². The molecule has 0 aliphatic rings. The average molecular weight is 1700 g/mol. The fraction of sp³-hybridized carbons (Fsp3) is 0.282. The number of pyridine rings is 1. The van der Waals surface area contributed by atoms with Crippen LogP contribution in [0.4, 0.5) is 5.69 Å². The number of ether oxygens (including phenoxy) is 2. The second-order valence-corrected chi connectivity index (χ2v) is 30.1. The second kappa shape index (κ2) is 35.7. The molecule has 8 nitrogen and oxygen atoms in total. The van der Waals surface area contributed by atoms with E-state index >= 15 is 0 Å². The van der Waals surface area contributed by atoms with Gasteiger partial charge in [-0.3, -0.25) is 4.98 Å². The van der Waals surface area contributed by atoms with Crippen molar-refractivity contribution >= 4 is 169 Å². The van der Waals surface area contributed by atoms with Gasteiger partial charge in [0.25, 0.3) is 0 Å². The van der Waals surface area contributed by atoms with E-state index in [1.54, 1.807) is 111 Å². The monoisotopic (exact) mass is 1710 g/mol. The van der Waals surface area contributed by atoms with Gasteiger partial charge >= 0.3 is 527 Å². The van der Waals surface area contributed by atoms with E-state index in [0.29, 0.717) is 13.2 Å².